The first kappa shape index (κ1) is 15.4. The first-order chi connectivity index (χ1) is 11.2. The number of hydrogen-bond acceptors (Lipinski definition) is 4. The number of hydrogen-bond donors (Lipinski definition) is 1. The summed E-state index contributed by atoms with van der Waals surface area (Å²) < 4.78 is 10.8. The van der Waals surface area contributed by atoms with Crippen LogP contribution < -0.4 is 14.8 Å². The average Bonchev–Trinajstić information content (AvgIpc) is 2.60. The summed E-state index contributed by atoms with van der Waals surface area (Å²) >= 11 is 0. The van der Waals surface area contributed by atoms with Crippen molar-refractivity contribution in [1.82, 2.24) is 10.3 Å². The van der Waals surface area contributed by atoms with Gasteiger partial charge in [-0.3, -0.25) is 4.98 Å². The number of fused-ring (bicyclic) bond motifs is 1. The molecule has 1 heterocycles. The monoisotopic (exact) mass is 310 g/mol. The maximum Gasteiger partial charge on any atom is 0.161 e. The molecule has 0 spiro atoms. The highest BCUT2D eigenvalue weighted by Gasteiger charge is 2.13. The zero-order chi connectivity index (χ0) is 16.4. The largest absolute Gasteiger partial charge is 0.493 e. The smallest absolute Gasteiger partial charge is 0.161 e. The lowest BCUT2D eigenvalue weighted by atomic mass is 9.99. The summed E-state index contributed by atoms with van der Waals surface area (Å²) in [4.78, 5) is 4.79. The number of methoxy groups -OCH3 is 2. The average molecular weight is 310 g/mol. The number of aryl methyl sites for hydroxylation is 1. The Hall–Kier alpha value is -2.49. The molecule has 0 saturated heterocycles. The molecule has 0 amide bonds. The molecule has 0 radical (unpaired) electrons. The predicted octanol–water partition coefficient (Wildman–Crippen LogP) is 3.84. The summed E-state index contributed by atoms with van der Waals surface area (Å²) in [7, 11) is 5.27. The van der Waals surface area contributed by atoms with Crippen molar-refractivity contribution in [2.45, 2.75) is 19.8 Å². The Morgan fingerprint density at radius 3 is 2.52 bits per heavy atom. The van der Waals surface area contributed by atoms with Crippen LogP contribution in [0.3, 0.4) is 0 Å². The second-order valence-corrected chi connectivity index (χ2v) is 5.64. The fourth-order valence-corrected chi connectivity index (χ4v) is 2.97. The van der Waals surface area contributed by atoms with E-state index in [2.05, 4.69) is 23.5 Å². The molecule has 0 fully saturated rings. The lowest BCUT2D eigenvalue weighted by Gasteiger charge is -2.15. The molecule has 120 valence electrons. The molecule has 1 aliphatic rings. The van der Waals surface area contributed by atoms with Gasteiger partial charge in [0.2, 0.25) is 0 Å². The molecule has 0 bridgehead atoms. The molecule has 1 N–H and O–H groups in total. The van der Waals surface area contributed by atoms with E-state index in [-0.39, 0.29) is 0 Å². The Balaban J connectivity index is 2.14. The predicted molar refractivity (Wildman–Crippen MR) is 93.9 cm³/mol. The SMILES string of the molecule is CNC1=CC(c2cc3cc(OC)c(OC)cc3c(C)n2)=CCC1. The van der Waals surface area contributed by atoms with Gasteiger partial charge in [0, 0.05) is 23.8 Å². The summed E-state index contributed by atoms with van der Waals surface area (Å²) in [6.45, 7) is 2.03. The molecule has 0 unspecified atom stereocenters. The Morgan fingerprint density at radius 1 is 1.09 bits per heavy atom. The minimum Gasteiger partial charge on any atom is -0.493 e. The van der Waals surface area contributed by atoms with Crippen LogP contribution >= 0.6 is 0 Å². The van der Waals surface area contributed by atoms with Crippen molar-refractivity contribution >= 4 is 16.3 Å². The van der Waals surface area contributed by atoms with E-state index in [1.54, 1.807) is 14.2 Å². The molecule has 1 aliphatic carbocycles. The van der Waals surface area contributed by atoms with Crippen molar-refractivity contribution in [3.05, 3.63) is 47.4 Å². The van der Waals surface area contributed by atoms with E-state index in [1.807, 2.05) is 26.1 Å². The van der Waals surface area contributed by atoms with E-state index in [0.717, 1.165) is 46.5 Å². The highest BCUT2D eigenvalue weighted by Crippen LogP contribution is 2.34. The Labute approximate surface area is 136 Å². The fourth-order valence-electron chi connectivity index (χ4n) is 2.97. The molecule has 4 nitrogen and oxygen atoms in total. The van der Waals surface area contributed by atoms with Crippen molar-refractivity contribution < 1.29 is 9.47 Å². The third-order valence-electron chi connectivity index (χ3n) is 4.25. The number of allylic oxidation sites excluding steroid dienone is 4. The number of aromatic nitrogens is 1. The van der Waals surface area contributed by atoms with E-state index in [4.69, 9.17) is 14.5 Å². The van der Waals surface area contributed by atoms with Crippen LogP contribution in [0.5, 0.6) is 11.5 Å². The Morgan fingerprint density at radius 2 is 1.83 bits per heavy atom. The van der Waals surface area contributed by atoms with Gasteiger partial charge in [-0.1, -0.05) is 6.08 Å². The summed E-state index contributed by atoms with van der Waals surface area (Å²) in [6, 6.07) is 6.12. The maximum atomic E-state index is 5.42. The summed E-state index contributed by atoms with van der Waals surface area (Å²) in [6.07, 6.45) is 6.51. The minimum absolute atomic E-state index is 0.729. The van der Waals surface area contributed by atoms with E-state index >= 15 is 0 Å². The lowest BCUT2D eigenvalue weighted by Crippen LogP contribution is -2.08. The number of rotatable bonds is 4. The molecule has 2 aromatic rings. The number of pyridine rings is 1. The van der Waals surface area contributed by atoms with Crippen LogP contribution in [-0.4, -0.2) is 26.3 Å². The van der Waals surface area contributed by atoms with E-state index in [1.165, 1.54) is 11.3 Å². The second-order valence-electron chi connectivity index (χ2n) is 5.64. The Bertz CT molecular complexity index is 807. The normalized spacial score (nSPS) is 14.3. The van der Waals surface area contributed by atoms with E-state index in [0.29, 0.717) is 0 Å². The van der Waals surface area contributed by atoms with Crippen LogP contribution in [0.2, 0.25) is 0 Å². The van der Waals surface area contributed by atoms with Gasteiger partial charge in [-0.2, -0.15) is 0 Å². The first-order valence-electron chi connectivity index (χ1n) is 7.78. The van der Waals surface area contributed by atoms with Gasteiger partial charge < -0.3 is 14.8 Å². The lowest BCUT2D eigenvalue weighted by molar-refractivity contribution is 0.356. The van der Waals surface area contributed by atoms with Crippen LogP contribution in [0.25, 0.3) is 16.3 Å². The molecular formula is C19H22N2O2. The summed E-state index contributed by atoms with van der Waals surface area (Å²) in [5.41, 5.74) is 4.40. The number of benzene rings is 1. The third-order valence-corrected chi connectivity index (χ3v) is 4.25. The van der Waals surface area contributed by atoms with Gasteiger partial charge in [0.15, 0.2) is 11.5 Å². The standard InChI is InChI=1S/C19H22N2O2/c1-12-16-11-19(23-4)18(22-3)10-14(16)9-17(21-12)13-6-5-7-15(8-13)20-2/h6,8-11,20H,5,7H2,1-4H3. The van der Waals surface area contributed by atoms with Crippen LogP contribution in [0, 0.1) is 6.92 Å². The van der Waals surface area contributed by atoms with Crippen LogP contribution in [-0.2, 0) is 0 Å². The molecule has 0 atom stereocenters. The van der Waals surface area contributed by atoms with E-state index in [9.17, 15) is 0 Å². The number of nitrogens with zero attached hydrogens (tertiary/aromatic N) is 1. The van der Waals surface area contributed by atoms with Gasteiger partial charge in [0.1, 0.15) is 0 Å². The van der Waals surface area contributed by atoms with Crippen LogP contribution in [0.15, 0.2) is 36.0 Å². The highest BCUT2D eigenvalue weighted by molar-refractivity contribution is 5.91. The van der Waals surface area contributed by atoms with Gasteiger partial charge in [0.05, 0.1) is 19.9 Å². The highest BCUT2D eigenvalue weighted by atomic mass is 16.5. The fraction of sp³-hybridized carbons (Fsp3) is 0.316. The van der Waals surface area contributed by atoms with Crippen LogP contribution in [0.4, 0.5) is 0 Å². The van der Waals surface area contributed by atoms with Crippen LogP contribution in [0.1, 0.15) is 24.2 Å². The van der Waals surface area contributed by atoms with Gasteiger partial charge in [-0.25, -0.2) is 0 Å². The maximum absolute atomic E-state index is 5.42. The quantitative estimate of drug-likeness (QED) is 0.932. The molecular weight excluding hydrogens is 288 g/mol. The first-order valence-corrected chi connectivity index (χ1v) is 7.78. The summed E-state index contributed by atoms with van der Waals surface area (Å²) in [5, 5.41) is 5.44. The molecule has 0 saturated carbocycles. The molecule has 1 aromatic heterocycles. The van der Waals surface area contributed by atoms with Crippen molar-refractivity contribution in [2.24, 2.45) is 0 Å². The summed E-state index contributed by atoms with van der Waals surface area (Å²) in [5.74, 6) is 1.47. The van der Waals surface area contributed by atoms with Crippen molar-refractivity contribution in [1.29, 1.82) is 0 Å². The molecule has 1 aromatic carbocycles. The van der Waals surface area contributed by atoms with Gasteiger partial charge in [0.25, 0.3) is 0 Å². The zero-order valence-electron chi connectivity index (χ0n) is 14.1. The molecule has 3 rings (SSSR count). The number of nitrogens with one attached hydrogen (secondary N) is 1. The van der Waals surface area contributed by atoms with Crippen molar-refractivity contribution in [3.63, 3.8) is 0 Å². The Kier molecular flexibility index (Phi) is 4.24. The number of ether oxygens (including phenoxy) is 2. The molecule has 4 heteroatoms. The van der Waals surface area contributed by atoms with Crippen molar-refractivity contribution in [2.75, 3.05) is 21.3 Å². The van der Waals surface area contributed by atoms with Crippen molar-refractivity contribution in [3.8, 4) is 11.5 Å². The third kappa shape index (κ3) is 2.89. The van der Waals surface area contributed by atoms with Gasteiger partial charge in [-0.05, 0) is 55.0 Å². The molecule has 23 heavy (non-hydrogen) atoms. The topological polar surface area (TPSA) is 43.4 Å². The van der Waals surface area contributed by atoms with Gasteiger partial charge in [-0.15, -0.1) is 0 Å². The zero-order valence-corrected chi connectivity index (χ0v) is 14.1. The van der Waals surface area contributed by atoms with E-state index < -0.39 is 0 Å². The van der Waals surface area contributed by atoms with Gasteiger partial charge >= 0.3 is 0 Å². The second kappa shape index (κ2) is 6.32. The minimum atomic E-state index is 0.729. The molecule has 0 aliphatic heterocycles.